The van der Waals surface area contributed by atoms with Crippen molar-refractivity contribution in [3.05, 3.63) is 0 Å². The Morgan fingerprint density at radius 1 is 1.26 bits per heavy atom. The van der Waals surface area contributed by atoms with E-state index < -0.39 is 0 Å². The Morgan fingerprint density at radius 3 is 2.52 bits per heavy atom. The zero-order valence-corrected chi connectivity index (χ0v) is 16.0. The predicted octanol–water partition coefficient (Wildman–Crippen LogP) is 2.33. The molecule has 23 heavy (non-hydrogen) atoms. The lowest BCUT2D eigenvalue weighted by Gasteiger charge is -2.30. The van der Waals surface area contributed by atoms with E-state index in [9.17, 15) is 4.79 Å². The number of nitrogens with one attached hydrogen (secondary N) is 2. The molecule has 0 bridgehead atoms. The Balaban J connectivity index is 2.48. The van der Waals surface area contributed by atoms with E-state index >= 15 is 0 Å². The smallest absolute Gasteiger partial charge is 0.243 e. The van der Waals surface area contributed by atoms with Gasteiger partial charge in [-0.1, -0.05) is 19.8 Å². The van der Waals surface area contributed by atoms with Gasteiger partial charge in [-0.15, -0.1) is 0 Å². The van der Waals surface area contributed by atoms with Crippen molar-refractivity contribution in [1.82, 2.24) is 15.5 Å². The number of likely N-dealkylation sites (N-methyl/N-ethyl adjacent to an activating group) is 1. The van der Waals surface area contributed by atoms with Gasteiger partial charge in [0.1, 0.15) is 6.54 Å². The molecule has 2 N–H and O–H groups in total. The molecule has 0 saturated heterocycles. The highest BCUT2D eigenvalue weighted by Gasteiger charge is 2.21. The van der Waals surface area contributed by atoms with Gasteiger partial charge in [0, 0.05) is 32.4 Å². The Hall–Kier alpha value is -0.910. The second-order valence-corrected chi connectivity index (χ2v) is 7.51. The minimum atomic E-state index is 0.0302. The van der Waals surface area contributed by atoms with Crippen molar-refractivity contribution in [3.63, 3.8) is 0 Å². The van der Waals surface area contributed by atoms with Gasteiger partial charge in [0.15, 0.2) is 5.96 Å². The van der Waals surface area contributed by atoms with E-state index in [0.29, 0.717) is 6.04 Å². The molecule has 0 atom stereocenters. The van der Waals surface area contributed by atoms with Gasteiger partial charge in [0.2, 0.25) is 5.91 Å². The van der Waals surface area contributed by atoms with Gasteiger partial charge < -0.3 is 15.5 Å². The highest BCUT2D eigenvalue weighted by Crippen LogP contribution is 2.27. The first-order valence-corrected chi connectivity index (χ1v) is 10.2. The maximum absolute atomic E-state index is 11.7. The average molecular weight is 343 g/mol. The van der Waals surface area contributed by atoms with Crippen molar-refractivity contribution < 1.29 is 4.79 Å². The molecular formula is C17H34N4OS. The van der Waals surface area contributed by atoms with Crippen molar-refractivity contribution in [2.75, 3.05) is 39.2 Å². The number of guanidine groups is 1. The Bertz CT molecular complexity index is 366. The van der Waals surface area contributed by atoms with Crippen LogP contribution in [-0.4, -0.2) is 62.0 Å². The van der Waals surface area contributed by atoms with E-state index in [-0.39, 0.29) is 12.5 Å². The molecule has 5 nitrogen and oxygen atoms in total. The summed E-state index contributed by atoms with van der Waals surface area (Å²) in [5.74, 6) is 2.75. The third-order valence-corrected chi connectivity index (χ3v) is 4.97. The van der Waals surface area contributed by atoms with E-state index in [2.05, 4.69) is 28.8 Å². The summed E-state index contributed by atoms with van der Waals surface area (Å²) in [4.78, 5) is 17.8. The standard InChI is InChI=1S/C17H34N4OS/c1-5-6-14-7-9-15(10-8-14)20-17(18-11-12-23-4)19-13-16(22)21(2)3/h14-15H,5-13H2,1-4H3,(H2,18,19,20). The molecule has 0 aromatic carbocycles. The van der Waals surface area contributed by atoms with E-state index in [0.717, 1.165) is 24.2 Å². The van der Waals surface area contributed by atoms with E-state index in [1.54, 1.807) is 30.8 Å². The molecule has 0 aromatic heterocycles. The summed E-state index contributed by atoms with van der Waals surface area (Å²) in [6.45, 7) is 3.34. The van der Waals surface area contributed by atoms with Crippen molar-refractivity contribution in [1.29, 1.82) is 0 Å². The van der Waals surface area contributed by atoms with Gasteiger partial charge in [0.25, 0.3) is 0 Å². The number of aliphatic imine (C=N–C) groups is 1. The van der Waals surface area contributed by atoms with Crippen LogP contribution in [-0.2, 0) is 4.79 Å². The SMILES string of the molecule is CCCC1CCC(NC(=NCC(=O)N(C)C)NCCSC)CC1. The third kappa shape index (κ3) is 8.49. The predicted molar refractivity (Wildman–Crippen MR) is 101 cm³/mol. The highest BCUT2D eigenvalue weighted by molar-refractivity contribution is 7.98. The number of carbonyl (C=O) groups is 1. The minimum Gasteiger partial charge on any atom is -0.356 e. The van der Waals surface area contributed by atoms with Crippen LogP contribution in [0.2, 0.25) is 0 Å². The molecule has 0 aromatic rings. The normalized spacial score (nSPS) is 21.8. The molecule has 6 heteroatoms. The second-order valence-electron chi connectivity index (χ2n) is 6.52. The molecule has 134 valence electrons. The molecule has 0 heterocycles. The maximum atomic E-state index is 11.7. The maximum Gasteiger partial charge on any atom is 0.243 e. The van der Waals surface area contributed by atoms with Crippen LogP contribution in [0.15, 0.2) is 4.99 Å². The number of thioether (sulfide) groups is 1. The minimum absolute atomic E-state index is 0.0302. The summed E-state index contributed by atoms with van der Waals surface area (Å²) in [6, 6.07) is 0.484. The van der Waals surface area contributed by atoms with Crippen LogP contribution in [0, 0.1) is 5.92 Å². The van der Waals surface area contributed by atoms with Crippen LogP contribution in [0.1, 0.15) is 45.4 Å². The fraction of sp³-hybridized carbons (Fsp3) is 0.882. The Kier molecular flexibility index (Phi) is 10.2. The quantitative estimate of drug-likeness (QED) is 0.404. The first-order valence-electron chi connectivity index (χ1n) is 8.80. The van der Waals surface area contributed by atoms with Crippen molar-refractivity contribution >= 4 is 23.6 Å². The lowest BCUT2D eigenvalue weighted by molar-refractivity contribution is -0.127. The number of hydrogen-bond donors (Lipinski definition) is 2. The fourth-order valence-corrected chi connectivity index (χ4v) is 3.22. The molecule has 1 rings (SSSR count). The summed E-state index contributed by atoms with van der Waals surface area (Å²) in [7, 11) is 3.53. The summed E-state index contributed by atoms with van der Waals surface area (Å²) in [5.41, 5.74) is 0. The van der Waals surface area contributed by atoms with Gasteiger partial charge in [-0.3, -0.25) is 4.79 Å². The molecule has 0 aliphatic heterocycles. The second kappa shape index (κ2) is 11.6. The molecule has 0 radical (unpaired) electrons. The monoisotopic (exact) mass is 342 g/mol. The van der Waals surface area contributed by atoms with Crippen LogP contribution in [0.25, 0.3) is 0 Å². The molecule has 0 spiro atoms. The molecule has 1 saturated carbocycles. The third-order valence-electron chi connectivity index (χ3n) is 4.35. The zero-order valence-electron chi connectivity index (χ0n) is 15.2. The molecular weight excluding hydrogens is 308 g/mol. The topological polar surface area (TPSA) is 56.7 Å². The summed E-state index contributed by atoms with van der Waals surface area (Å²) >= 11 is 1.80. The van der Waals surface area contributed by atoms with Gasteiger partial charge in [-0.2, -0.15) is 11.8 Å². The van der Waals surface area contributed by atoms with E-state index in [1.807, 2.05) is 0 Å². The highest BCUT2D eigenvalue weighted by atomic mass is 32.2. The van der Waals surface area contributed by atoms with Crippen molar-refractivity contribution in [2.45, 2.75) is 51.5 Å². The lowest BCUT2D eigenvalue weighted by atomic mass is 9.83. The van der Waals surface area contributed by atoms with Gasteiger partial charge >= 0.3 is 0 Å². The number of nitrogens with zero attached hydrogens (tertiary/aromatic N) is 2. The fourth-order valence-electron chi connectivity index (χ4n) is 2.91. The van der Waals surface area contributed by atoms with Gasteiger partial charge in [-0.05, 0) is 37.9 Å². The first kappa shape index (κ1) is 20.1. The lowest BCUT2D eigenvalue weighted by Crippen LogP contribution is -2.46. The Morgan fingerprint density at radius 2 is 1.96 bits per heavy atom. The summed E-state index contributed by atoms with van der Waals surface area (Å²) in [5, 5.41) is 6.88. The van der Waals surface area contributed by atoms with Crippen molar-refractivity contribution in [3.8, 4) is 0 Å². The van der Waals surface area contributed by atoms with Crippen LogP contribution >= 0.6 is 11.8 Å². The largest absolute Gasteiger partial charge is 0.356 e. The zero-order chi connectivity index (χ0) is 17.1. The van der Waals surface area contributed by atoms with Crippen LogP contribution in [0.4, 0.5) is 0 Å². The van der Waals surface area contributed by atoms with Gasteiger partial charge in [-0.25, -0.2) is 4.99 Å². The van der Waals surface area contributed by atoms with Gasteiger partial charge in [0.05, 0.1) is 0 Å². The summed E-state index contributed by atoms with van der Waals surface area (Å²) < 4.78 is 0. The number of hydrogen-bond acceptors (Lipinski definition) is 3. The van der Waals surface area contributed by atoms with E-state index in [1.165, 1.54) is 38.5 Å². The first-order chi connectivity index (χ1) is 11.1. The van der Waals surface area contributed by atoms with Crippen molar-refractivity contribution in [2.24, 2.45) is 10.9 Å². The number of carbonyl (C=O) groups excluding carboxylic acids is 1. The summed E-state index contributed by atoms with van der Waals surface area (Å²) in [6.07, 6.45) is 9.76. The Labute approximate surface area is 146 Å². The molecule has 0 unspecified atom stereocenters. The molecule has 1 aliphatic rings. The van der Waals surface area contributed by atoms with Crippen LogP contribution in [0.3, 0.4) is 0 Å². The van der Waals surface area contributed by atoms with Crippen LogP contribution in [0.5, 0.6) is 0 Å². The van der Waals surface area contributed by atoms with Crippen LogP contribution < -0.4 is 10.6 Å². The van der Waals surface area contributed by atoms with E-state index in [4.69, 9.17) is 0 Å². The molecule has 1 amide bonds. The number of rotatable bonds is 8. The molecule has 1 aliphatic carbocycles. The average Bonchev–Trinajstić information content (AvgIpc) is 2.54. The number of amides is 1. The molecule has 1 fully saturated rings.